The Hall–Kier alpha value is -1.83. The van der Waals surface area contributed by atoms with Crippen molar-refractivity contribution in [2.45, 2.75) is 62.2 Å². The zero-order chi connectivity index (χ0) is 22.5. The Balaban J connectivity index is 0.00000363. The number of ether oxygens (including phenoxy) is 1. The highest BCUT2D eigenvalue weighted by molar-refractivity contribution is 7.99. The summed E-state index contributed by atoms with van der Waals surface area (Å²) in [7, 11) is 3.51. The van der Waals surface area contributed by atoms with Gasteiger partial charge in [-0.1, -0.05) is 50.8 Å². The quantitative estimate of drug-likeness (QED) is 0.313. The lowest BCUT2D eigenvalue weighted by atomic mass is 9.81. The fourth-order valence-corrected chi connectivity index (χ4v) is 5.92. The standard InChI is InChI=1S/C24H32N2O4S.ClH/c1-4-12-24(22(27)28,26(2)17-23(31-25-29)13-6-5-7-14-23)20-10-8-19-16-21(30-3)11-9-18(19)15-20;/h8-11,15-16H,4-7,12-14,17H2,1-3H3,(H,27,28);1H/t24-;/m0./s1. The van der Waals surface area contributed by atoms with E-state index in [1.165, 1.54) is 0 Å². The Morgan fingerprint density at radius 1 is 1.19 bits per heavy atom. The first-order valence-electron chi connectivity index (χ1n) is 10.9. The monoisotopic (exact) mass is 480 g/mol. The number of likely N-dealkylation sites (N-methyl/N-ethyl adjacent to an activating group) is 1. The maximum atomic E-state index is 12.8. The van der Waals surface area contributed by atoms with E-state index < -0.39 is 11.5 Å². The number of benzene rings is 2. The van der Waals surface area contributed by atoms with E-state index in [1.807, 2.05) is 55.3 Å². The number of hydrogen-bond donors (Lipinski definition) is 1. The van der Waals surface area contributed by atoms with E-state index in [4.69, 9.17) is 4.74 Å². The molecule has 2 aromatic carbocycles. The van der Waals surface area contributed by atoms with Crippen LogP contribution in [-0.4, -0.2) is 41.4 Å². The SMILES string of the molecule is CCC[C@@](C(=O)O)(c1ccc2cc(OC)ccc2c1)N(C)CC1(SN=O)CCCCC1.Cl. The van der Waals surface area contributed by atoms with E-state index in [2.05, 4.69) is 4.58 Å². The molecule has 1 saturated carbocycles. The van der Waals surface area contributed by atoms with Crippen molar-refractivity contribution in [3.05, 3.63) is 46.9 Å². The second kappa shape index (κ2) is 11.3. The molecule has 0 bridgehead atoms. The van der Waals surface area contributed by atoms with Gasteiger partial charge in [-0.2, -0.15) is 0 Å². The Morgan fingerprint density at radius 2 is 1.84 bits per heavy atom. The summed E-state index contributed by atoms with van der Waals surface area (Å²) in [5.74, 6) is -0.0900. The van der Waals surface area contributed by atoms with Crippen LogP contribution in [0.3, 0.4) is 0 Å². The van der Waals surface area contributed by atoms with E-state index >= 15 is 0 Å². The molecule has 1 fully saturated rings. The average Bonchev–Trinajstić information content (AvgIpc) is 2.77. The summed E-state index contributed by atoms with van der Waals surface area (Å²) in [5, 5.41) is 12.5. The fraction of sp³-hybridized carbons (Fsp3) is 0.542. The summed E-state index contributed by atoms with van der Waals surface area (Å²) in [6.07, 6.45) is 6.21. The van der Waals surface area contributed by atoms with Crippen molar-refractivity contribution in [2.75, 3.05) is 20.7 Å². The maximum Gasteiger partial charge on any atom is 0.328 e. The molecule has 176 valence electrons. The topological polar surface area (TPSA) is 79.2 Å². The van der Waals surface area contributed by atoms with Crippen LogP contribution in [0.4, 0.5) is 0 Å². The molecule has 32 heavy (non-hydrogen) atoms. The molecular formula is C24H33ClN2O4S. The summed E-state index contributed by atoms with van der Waals surface area (Å²) < 4.78 is 8.16. The predicted molar refractivity (Wildman–Crippen MR) is 134 cm³/mol. The minimum Gasteiger partial charge on any atom is -0.497 e. The number of carbonyl (C=O) groups is 1. The number of carboxylic acid groups (broad SMARTS) is 1. The van der Waals surface area contributed by atoms with Gasteiger partial charge in [0.05, 0.1) is 11.9 Å². The first-order chi connectivity index (χ1) is 14.9. The molecule has 0 radical (unpaired) electrons. The Kier molecular flexibility index (Phi) is 9.37. The van der Waals surface area contributed by atoms with Gasteiger partial charge in [0.2, 0.25) is 0 Å². The van der Waals surface area contributed by atoms with E-state index in [0.717, 1.165) is 72.6 Å². The van der Waals surface area contributed by atoms with Crippen LogP contribution >= 0.6 is 24.4 Å². The molecule has 1 N–H and O–H groups in total. The predicted octanol–water partition coefficient (Wildman–Crippen LogP) is 6.40. The number of rotatable bonds is 10. The number of fused-ring (bicyclic) bond motifs is 1. The number of nitroso groups, excluding NO2 is 1. The van der Waals surface area contributed by atoms with Gasteiger partial charge in [-0.3, -0.25) is 4.90 Å². The third-order valence-electron chi connectivity index (χ3n) is 6.66. The van der Waals surface area contributed by atoms with Crippen molar-refractivity contribution < 1.29 is 14.6 Å². The minimum absolute atomic E-state index is 0. The number of methoxy groups -OCH3 is 1. The van der Waals surface area contributed by atoms with Crippen molar-refractivity contribution in [1.82, 2.24) is 4.90 Å². The number of aliphatic carboxylic acids is 1. The molecule has 0 aliphatic heterocycles. The summed E-state index contributed by atoms with van der Waals surface area (Å²) >= 11 is 1.10. The van der Waals surface area contributed by atoms with Crippen molar-refractivity contribution >= 4 is 41.1 Å². The van der Waals surface area contributed by atoms with Crippen LogP contribution in [0.25, 0.3) is 10.8 Å². The molecule has 8 heteroatoms. The molecule has 0 aromatic heterocycles. The van der Waals surface area contributed by atoms with Crippen molar-refractivity contribution in [3.63, 3.8) is 0 Å². The van der Waals surface area contributed by atoms with E-state index in [0.29, 0.717) is 13.0 Å². The normalized spacial score (nSPS) is 17.4. The molecule has 0 saturated heterocycles. The molecular weight excluding hydrogens is 448 g/mol. The average molecular weight is 481 g/mol. The first-order valence-corrected chi connectivity index (χ1v) is 11.7. The lowest BCUT2D eigenvalue weighted by Crippen LogP contribution is -2.55. The molecule has 1 aliphatic carbocycles. The van der Waals surface area contributed by atoms with Crippen LogP contribution in [0.1, 0.15) is 57.4 Å². The van der Waals surface area contributed by atoms with Crippen molar-refractivity contribution in [3.8, 4) is 5.75 Å². The summed E-state index contributed by atoms with van der Waals surface area (Å²) in [6, 6.07) is 11.7. The van der Waals surface area contributed by atoms with E-state index in [1.54, 1.807) is 7.11 Å². The van der Waals surface area contributed by atoms with Crippen LogP contribution in [0.2, 0.25) is 0 Å². The Bertz CT molecular complexity index is 935. The van der Waals surface area contributed by atoms with Crippen LogP contribution in [0.5, 0.6) is 5.75 Å². The number of halogens is 1. The summed E-state index contributed by atoms with van der Waals surface area (Å²) in [4.78, 5) is 26.0. The molecule has 3 rings (SSSR count). The number of nitrogens with zero attached hydrogens (tertiary/aromatic N) is 2. The third-order valence-corrected chi connectivity index (χ3v) is 7.66. The van der Waals surface area contributed by atoms with Gasteiger partial charge in [-0.15, -0.1) is 17.3 Å². The van der Waals surface area contributed by atoms with Gasteiger partial charge in [-0.25, -0.2) is 4.79 Å². The second-order valence-corrected chi connectivity index (χ2v) is 9.81. The molecule has 1 aliphatic rings. The van der Waals surface area contributed by atoms with Gasteiger partial charge < -0.3 is 9.84 Å². The smallest absolute Gasteiger partial charge is 0.328 e. The molecule has 0 spiro atoms. The zero-order valence-corrected chi connectivity index (χ0v) is 20.6. The van der Waals surface area contributed by atoms with Gasteiger partial charge >= 0.3 is 5.97 Å². The lowest BCUT2D eigenvalue weighted by Gasteiger charge is -2.44. The lowest BCUT2D eigenvalue weighted by molar-refractivity contribution is -0.152. The van der Waals surface area contributed by atoms with Gasteiger partial charge in [0.25, 0.3) is 0 Å². The third kappa shape index (κ3) is 5.21. The molecule has 1 atom stereocenters. The molecule has 0 amide bonds. The van der Waals surface area contributed by atoms with Crippen molar-refractivity contribution in [1.29, 1.82) is 0 Å². The van der Waals surface area contributed by atoms with Gasteiger partial charge in [-0.05, 0) is 60.8 Å². The van der Waals surface area contributed by atoms with Crippen LogP contribution in [0, 0.1) is 4.91 Å². The van der Waals surface area contributed by atoms with Gasteiger partial charge in [0.15, 0.2) is 0 Å². The first kappa shape index (κ1) is 26.4. The van der Waals surface area contributed by atoms with Gasteiger partial charge in [0.1, 0.15) is 11.3 Å². The fourth-order valence-electron chi connectivity index (χ4n) is 5.04. The zero-order valence-electron chi connectivity index (χ0n) is 19.0. The molecule has 0 heterocycles. The highest BCUT2D eigenvalue weighted by atomic mass is 35.5. The highest BCUT2D eigenvalue weighted by Crippen LogP contribution is 2.44. The second-order valence-electron chi connectivity index (χ2n) is 8.61. The Labute approximate surface area is 200 Å². The minimum atomic E-state index is -1.17. The van der Waals surface area contributed by atoms with Crippen LogP contribution in [-0.2, 0) is 10.3 Å². The number of hydrogen-bond acceptors (Lipinski definition) is 6. The van der Waals surface area contributed by atoms with Crippen molar-refractivity contribution in [2.24, 2.45) is 4.58 Å². The van der Waals surface area contributed by atoms with E-state index in [-0.39, 0.29) is 17.2 Å². The largest absolute Gasteiger partial charge is 0.497 e. The highest BCUT2D eigenvalue weighted by Gasteiger charge is 2.47. The summed E-state index contributed by atoms with van der Waals surface area (Å²) in [6.45, 7) is 2.52. The summed E-state index contributed by atoms with van der Waals surface area (Å²) in [5.41, 5.74) is -0.409. The van der Waals surface area contributed by atoms with Crippen LogP contribution in [0.15, 0.2) is 41.0 Å². The number of carboxylic acids is 1. The maximum absolute atomic E-state index is 12.8. The Morgan fingerprint density at radius 3 is 2.44 bits per heavy atom. The van der Waals surface area contributed by atoms with E-state index in [9.17, 15) is 14.8 Å². The molecule has 0 unspecified atom stereocenters. The van der Waals surface area contributed by atoms with Gasteiger partial charge in [0, 0.05) is 23.1 Å². The van der Waals surface area contributed by atoms with Crippen LogP contribution < -0.4 is 4.74 Å². The molecule has 6 nitrogen and oxygen atoms in total. The molecule has 2 aromatic rings.